The molecule has 1 atom stereocenters. The summed E-state index contributed by atoms with van der Waals surface area (Å²) in [5.74, 6) is 1.60. The van der Waals surface area contributed by atoms with E-state index in [0.717, 1.165) is 38.6 Å². The molecule has 100 valence electrons. The third-order valence-electron chi connectivity index (χ3n) is 4.13. The Morgan fingerprint density at radius 3 is 2.47 bits per heavy atom. The molecule has 1 rings (SSSR count). The highest BCUT2D eigenvalue weighted by Gasteiger charge is 2.21. The lowest BCUT2D eigenvalue weighted by atomic mass is 9.83. The molecule has 1 unspecified atom stereocenters. The summed E-state index contributed by atoms with van der Waals surface area (Å²) in [6.45, 7) is 2.98. The number of carbonyl (C=O) groups is 1. The number of Topliss-reactive ketones (excluding diaryl/α,β-unsaturated/α-hetero) is 1. The maximum atomic E-state index is 12.1. The zero-order chi connectivity index (χ0) is 12.5. The molecule has 0 saturated heterocycles. The van der Waals surface area contributed by atoms with Crippen LogP contribution in [0.3, 0.4) is 0 Å². The van der Waals surface area contributed by atoms with Crippen LogP contribution in [-0.2, 0) is 4.79 Å². The Morgan fingerprint density at radius 1 is 1.18 bits per heavy atom. The molecule has 2 heteroatoms. The van der Waals surface area contributed by atoms with Crippen molar-refractivity contribution in [2.24, 2.45) is 17.6 Å². The molecule has 0 aromatic carbocycles. The molecule has 0 radical (unpaired) electrons. The summed E-state index contributed by atoms with van der Waals surface area (Å²) >= 11 is 0. The van der Waals surface area contributed by atoms with Gasteiger partial charge in [0.25, 0.3) is 0 Å². The van der Waals surface area contributed by atoms with Gasteiger partial charge in [-0.15, -0.1) is 0 Å². The van der Waals surface area contributed by atoms with Crippen molar-refractivity contribution in [1.82, 2.24) is 0 Å². The Balaban J connectivity index is 2.24. The maximum Gasteiger partial charge on any atom is 0.135 e. The molecule has 2 nitrogen and oxygen atoms in total. The first-order valence-corrected chi connectivity index (χ1v) is 7.50. The summed E-state index contributed by atoms with van der Waals surface area (Å²) in [4.78, 5) is 12.1. The lowest BCUT2D eigenvalue weighted by Crippen LogP contribution is -2.19. The van der Waals surface area contributed by atoms with E-state index in [0.29, 0.717) is 17.6 Å². The van der Waals surface area contributed by atoms with Crippen molar-refractivity contribution in [2.45, 2.75) is 71.1 Å². The molecule has 0 heterocycles. The highest BCUT2D eigenvalue weighted by molar-refractivity contribution is 5.81. The van der Waals surface area contributed by atoms with Gasteiger partial charge in [-0.05, 0) is 38.1 Å². The van der Waals surface area contributed by atoms with E-state index < -0.39 is 0 Å². The van der Waals surface area contributed by atoms with Crippen molar-refractivity contribution in [3.63, 3.8) is 0 Å². The number of rotatable bonds is 8. The highest BCUT2D eigenvalue weighted by Crippen LogP contribution is 2.27. The molecule has 2 N–H and O–H groups in total. The van der Waals surface area contributed by atoms with Gasteiger partial charge in [-0.25, -0.2) is 0 Å². The van der Waals surface area contributed by atoms with E-state index in [4.69, 9.17) is 5.73 Å². The molecular formula is C15H29NO. The molecular weight excluding hydrogens is 210 g/mol. The van der Waals surface area contributed by atoms with Crippen molar-refractivity contribution in [2.75, 3.05) is 6.54 Å². The van der Waals surface area contributed by atoms with Gasteiger partial charge in [0.2, 0.25) is 0 Å². The summed E-state index contributed by atoms with van der Waals surface area (Å²) in [5, 5.41) is 0. The number of carbonyl (C=O) groups excluding carboxylic acids is 1. The predicted octanol–water partition coefficient (Wildman–Crippen LogP) is 3.68. The first-order chi connectivity index (χ1) is 8.27. The van der Waals surface area contributed by atoms with E-state index in [1.807, 2.05) is 0 Å². The molecule has 1 aliphatic carbocycles. The lowest BCUT2D eigenvalue weighted by molar-refractivity contribution is -0.124. The van der Waals surface area contributed by atoms with Crippen LogP contribution in [-0.4, -0.2) is 12.3 Å². The van der Waals surface area contributed by atoms with Gasteiger partial charge in [-0.1, -0.05) is 39.0 Å². The van der Waals surface area contributed by atoms with Gasteiger partial charge >= 0.3 is 0 Å². The van der Waals surface area contributed by atoms with E-state index >= 15 is 0 Å². The molecule has 0 aliphatic heterocycles. The van der Waals surface area contributed by atoms with Gasteiger partial charge in [0, 0.05) is 12.3 Å². The van der Waals surface area contributed by atoms with Gasteiger partial charge in [0.05, 0.1) is 0 Å². The molecule has 17 heavy (non-hydrogen) atoms. The second kappa shape index (κ2) is 8.68. The Bertz CT molecular complexity index is 203. The number of ketones is 1. The summed E-state index contributed by atoms with van der Waals surface area (Å²) in [5.41, 5.74) is 5.62. The summed E-state index contributed by atoms with van der Waals surface area (Å²) < 4.78 is 0. The third kappa shape index (κ3) is 5.67. The minimum atomic E-state index is 0.393. The van der Waals surface area contributed by atoms with Crippen molar-refractivity contribution in [3.05, 3.63) is 0 Å². The smallest absolute Gasteiger partial charge is 0.135 e. The Kier molecular flexibility index (Phi) is 7.50. The van der Waals surface area contributed by atoms with Crippen LogP contribution in [0.4, 0.5) is 0 Å². The van der Waals surface area contributed by atoms with Crippen molar-refractivity contribution >= 4 is 5.78 Å². The normalized spacial score (nSPS) is 19.2. The van der Waals surface area contributed by atoms with E-state index in [2.05, 4.69) is 6.92 Å². The molecule has 1 fully saturated rings. The van der Waals surface area contributed by atoms with Crippen molar-refractivity contribution in [3.8, 4) is 0 Å². The quantitative estimate of drug-likeness (QED) is 0.702. The van der Waals surface area contributed by atoms with Crippen LogP contribution < -0.4 is 5.73 Å². The van der Waals surface area contributed by atoms with Crippen molar-refractivity contribution < 1.29 is 4.79 Å². The Hall–Kier alpha value is -0.370. The molecule has 1 saturated carbocycles. The predicted molar refractivity (Wildman–Crippen MR) is 72.9 cm³/mol. The second-order valence-electron chi connectivity index (χ2n) is 5.57. The molecule has 0 aromatic heterocycles. The van der Waals surface area contributed by atoms with Crippen LogP contribution in [0, 0.1) is 11.8 Å². The molecule has 1 aliphatic rings. The third-order valence-corrected chi connectivity index (χ3v) is 4.13. The van der Waals surface area contributed by atoms with E-state index in [1.54, 1.807) is 0 Å². The second-order valence-corrected chi connectivity index (χ2v) is 5.57. The first-order valence-electron chi connectivity index (χ1n) is 7.50. The van der Waals surface area contributed by atoms with Gasteiger partial charge in [-0.3, -0.25) is 4.79 Å². The van der Waals surface area contributed by atoms with Crippen LogP contribution in [0.15, 0.2) is 0 Å². The lowest BCUT2D eigenvalue weighted by Gasteiger charge is -2.21. The van der Waals surface area contributed by atoms with Crippen LogP contribution in [0.5, 0.6) is 0 Å². The van der Waals surface area contributed by atoms with E-state index in [-0.39, 0.29) is 0 Å². The fraction of sp³-hybridized carbons (Fsp3) is 0.933. The zero-order valence-corrected chi connectivity index (χ0v) is 11.4. The average Bonchev–Trinajstić information content (AvgIpc) is 2.37. The number of nitrogens with two attached hydrogens (primary N) is 1. The standard InChI is InChI=1S/C15H29NO/c1-2-6-13(11-12-16)9-10-15(17)14-7-4-3-5-8-14/h13-14H,2-12,16H2,1H3. The fourth-order valence-corrected chi connectivity index (χ4v) is 3.05. The SMILES string of the molecule is CCCC(CCN)CCC(=O)C1CCCCC1. The van der Waals surface area contributed by atoms with Crippen LogP contribution in [0.2, 0.25) is 0 Å². The van der Waals surface area contributed by atoms with Crippen LogP contribution in [0.25, 0.3) is 0 Å². The molecule has 0 bridgehead atoms. The van der Waals surface area contributed by atoms with Crippen molar-refractivity contribution in [1.29, 1.82) is 0 Å². The Labute approximate surface area is 106 Å². The van der Waals surface area contributed by atoms with Gasteiger partial charge in [0.1, 0.15) is 5.78 Å². The van der Waals surface area contributed by atoms with E-state index in [9.17, 15) is 4.79 Å². The monoisotopic (exact) mass is 239 g/mol. The molecule has 0 amide bonds. The van der Waals surface area contributed by atoms with Gasteiger partial charge < -0.3 is 5.73 Å². The minimum absolute atomic E-state index is 0.393. The summed E-state index contributed by atoms with van der Waals surface area (Å²) in [6, 6.07) is 0. The van der Waals surface area contributed by atoms with Crippen LogP contribution >= 0.6 is 0 Å². The van der Waals surface area contributed by atoms with E-state index in [1.165, 1.54) is 32.1 Å². The molecule has 0 aromatic rings. The topological polar surface area (TPSA) is 43.1 Å². The maximum absolute atomic E-state index is 12.1. The average molecular weight is 239 g/mol. The summed E-state index contributed by atoms with van der Waals surface area (Å²) in [7, 11) is 0. The number of hydrogen-bond donors (Lipinski definition) is 1. The summed E-state index contributed by atoms with van der Waals surface area (Å²) in [6.07, 6.45) is 11.5. The largest absolute Gasteiger partial charge is 0.330 e. The van der Waals surface area contributed by atoms with Gasteiger partial charge in [-0.2, -0.15) is 0 Å². The minimum Gasteiger partial charge on any atom is -0.330 e. The highest BCUT2D eigenvalue weighted by atomic mass is 16.1. The zero-order valence-electron chi connectivity index (χ0n) is 11.4. The fourth-order valence-electron chi connectivity index (χ4n) is 3.05. The first kappa shape index (κ1) is 14.7. The molecule has 0 spiro atoms. The number of hydrogen-bond acceptors (Lipinski definition) is 2. The van der Waals surface area contributed by atoms with Gasteiger partial charge in [0.15, 0.2) is 0 Å². The Morgan fingerprint density at radius 2 is 1.88 bits per heavy atom. The van der Waals surface area contributed by atoms with Crippen LogP contribution in [0.1, 0.15) is 71.1 Å².